The van der Waals surface area contributed by atoms with E-state index >= 15 is 0 Å². The molecule has 0 spiro atoms. The number of allylic oxidation sites excluding steroid dienone is 1. The summed E-state index contributed by atoms with van der Waals surface area (Å²) in [5.41, 5.74) is 1.99. The summed E-state index contributed by atoms with van der Waals surface area (Å²) in [6.07, 6.45) is 3.14. The van der Waals surface area contributed by atoms with Gasteiger partial charge in [-0.05, 0) is 49.3 Å². The van der Waals surface area contributed by atoms with E-state index in [4.69, 9.17) is 0 Å². The zero-order valence-corrected chi connectivity index (χ0v) is 18.4. The lowest BCUT2D eigenvalue weighted by Crippen LogP contribution is -2.27. The zero-order valence-electron chi connectivity index (χ0n) is 17.6. The maximum Gasteiger partial charge on any atom is 0.239 e. The molecular weight excluding hydrogens is 409 g/mol. The number of carbonyl (C=O) groups excluding carboxylic acids is 1. The molecule has 1 N–H and O–H groups in total. The van der Waals surface area contributed by atoms with Crippen molar-refractivity contribution in [2.24, 2.45) is 0 Å². The van der Waals surface area contributed by atoms with Crippen molar-refractivity contribution in [3.05, 3.63) is 47.4 Å². The van der Waals surface area contributed by atoms with Gasteiger partial charge in [-0.25, -0.2) is 27.1 Å². The fourth-order valence-corrected chi connectivity index (χ4v) is 3.11. The second-order valence-electron chi connectivity index (χ2n) is 7.42. The maximum atomic E-state index is 13.4. The second-order valence-corrected chi connectivity index (χ2v) is 9.43. The summed E-state index contributed by atoms with van der Waals surface area (Å²) in [6.45, 7) is 5.29. The standard InChI is InChI=1S/C21H26FN3O4S/c1-13(2)19-18(11-10-17(27)12-14(3)26)20(15-6-8-16(22)9-7-15)24-21(23-19)25(4)30(5,28)29/h6-11,13-14,26H,12H2,1-5H3/b11-10+/t14-/m0/s1. The number of nitrogens with zero attached hydrogens (tertiary/aromatic N) is 3. The highest BCUT2D eigenvalue weighted by atomic mass is 32.2. The van der Waals surface area contributed by atoms with Crippen LogP contribution >= 0.6 is 0 Å². The normalized spacial score (nSPS) is 13.1. The van der Waals surface area contributed by atoms with Crippen LogP contribution in [0.2, 0.25) is 0 Å². The van der Waals surface area contributed by atoms with Crippen LogP contribution in [0.1, 0.15) is 44.4 Å². The van der Waals surface area contributed by atoms with E-state index in [-0.39, 0.29) is 24.1 Å². The van der Waals surface area contributed by atoms with Crippen molar-refractivity contribution in [2.45, 2.75) is 39.2 Å². The Labute approximate surface area is 176 Å². The third-order valence-corrected chi connectivity index (χ3v) is 5.50. The van der Waals surface area contributed by atoms with Crippen LogP contribution in [0, 0.1) is 5.82 Å². The Morgan fingerprint density at radius 2 is 1.80 bits per heavy atom. The Morgan fingerprint density at radius 3 is 2.30 bits per heavy atom. The van der Waals surface area contributed by atoms with Crippen LogP contribution in [0.15, 0.2) is 30.3 Å². The fourth-order valence-electron chi connectivity index (χ4n) is 2.73. The number of halogens is 1. The van der Waals surface area contributed by atoms with Crippen LogP contribution in [0.25, 0.3) is 17.3 Å². The van der Waals surface area contributed by atoms with Crippen LogP contribution in [0.5, 0.6) is 0 Å². The van der Waals surface area contributed by atoms with E-state index < -0.39 is 21.9 Å². The van der Waals surface area contributed by atoms with E-state index in [0.717, 1.165) is 10.6 Å². The van der Waals surface area contributed by atoms with E-state index in [1.165, 1.54) is 44.3 Å². The van der Waals surface area contributed by atoms with Gasteiger partial charge in [0.05, 0.1) is 23.7 Å². The summed E-state index contributed by atoms with van der Waals surface area (Å²) < 4.78 is 38.5. The highest BCUT2D eigenvalue weighted by Crippen LogP contribution is 2.31. The molecule has 0 saturated carbocycles. The smallest absolute Gasteiger partial charge is 0.239 e. The van der Waals surface area contributed by atoms with Crippen LogP contribution in [0.3, 0.4) is 0 Å². The molecule has 0 radical (unpaired) electrons. The van der Waals surface area contributed by atoms with Crippen LogP contribution in [-0.4, -0.2) is 48.7 Å². The summed E-state index contributed by atoms with van der Waals surface area (Å²) in [6, 6.07) is 5.61. The molecule has 1 aromatic heterocycles. The summed E-state index contributed by atoms with van der Waals surface area (Å²) in [7, 11) is -2.26. The number of aliphatic hydroxyl groups is 1. The van der Waals surface area contributed by atoms with Crippen LogP contribution in [0.4, 0.5) is 10.3 Å². The number of hydrogen-bond donors (Lipinski definition) is 1. The first-order valence-corrected chi connectivity index (χ1v) is 11.3. The molecule has 0 aliphatic rings. The molecule has 7 nitrogen and oxygen atoms in total. The monoisotopic (exact) mass is 435 g/mol. The number of sulfonamides is 1. The number of benzene rings is 1. The Balaban J connectivity index is 2.75. The Hall–Kier alpha value is -2.65. The lowest BCUT2D eigenvalue weighted by Gasteiger charge is -2.20. The number of carbonyl (C=O) groups is 1. The summed E-state index contributed by atoms with van der Waals surface area (Å²) in [4.78, 5) is 20.9. The van der Waals surface area contributed by atoms with Crippen molar-refractivity contribution in [3.8, 4) is 11.3 Å². The van der Waals surface area contributed by atoms with Crippen molar-refractivity contribution in [2.75, 3.05) is 17.6 Å². The minimum absolute atomic E-state index is 0.0204. The summed E-state index contributed by atoms with van der Waals surface area (Å²) >= 11 is 0. The highest BCUT2D eigenvalue weighted by molar-refractivity contribution is 7.92. The maximum absolute atomic E-state index is 13.4. The summed E-state index contributed by atoms with van der Waals surface area (Å²) in [5, 5.41) is 9.42. The van der Waals surface area contributed by atoms with Gasteiger partial charge in [-0.1, -0.05) is 13.8 Å². The molecule has 0 bridgehead atoms. The van der Waals surface area contributed by atoms with Gasteiger partial charge in [0, 0.05) is 24.6 Å². The first-order valence-electron chi connectivity index (χ1n) is 9.41. The molecule has 0 saturated heterocycles. The lowest BCUT2D eigenvalue weighted by atomic mass is 9.97. The summed E-state index contributed by atoms with van der Waals surface area (Å²) in [5.74, 6) is -0.838. The number of anilines is 1. The average Bonchev–Trinajstić information content (AvgIpc) is 2.64. The van der Waals surface area contributed by atoms with Gasteiger partial charge in [0.2, 0.25) is 16.0 Å². The van der Waals surface area contributed by atoms with Gasteiger partial charge in [-0.3, -0.25) is 4.79 Å². The van der Waals surface area contributed by atoms with E-state index in [9.17, 15) is 22.7 Å². The number of ketones is 1. The number of rotatable bonds is 8. The molecular formula is C21H26FN3O4S. The molecule has 1 aromatic carbocycles. The number of aliphatic hydroxyl groups excluding tert-OH is 1. The van der Waals surface area contributed by atoms with Crippen molar-refractivity contribution in [3.63, 3.8) is 0 Å². The van der Waals surface area contributed by atoms with E-state index in [1.807, 2.05) is 13.8 Å². The third-order valence-electron chi connectivity index (χ3n) is 4.34. The van der Waals surface area contributed by atoms with Gasteiger partial charge < -0.3 is 5.11 Å². The molecule has 2 aromatic rings. The van der Waals surface area contributed by atoms with Crippen LogP contribution in [-0.2, 0) is 14.8 Å². The predicted molar refractivity (Wildman–Crippen MR) is 115 cm³/mol. The molecule has 1 atom stereocenters. The SMILES string of the molecule is CC(C)c1nc(N(C)S(C)(=O)=O)nc(-c2ccc(F)cc2)c1/C=C/C(=O)C[C@H](C)O. The molecule has 1 heterocycles. The minimum Gasteiger partial charge on any atom is -0.393 e. The molecule has 9 heteroatoms. The van der Waals surface area contributed by atoms with Gasteiger partial charge in [0.1, 0.15) is 5.82 Å². The average molecular weight is 436 g/mol. The molecule has 0 amide bonds. The number of aromatic nitrogens is 2. The van der Waals surface area contributed by atoms with Gasteiger partial charge >= 0.3 is 0 Å². The van der Waals surface area contributed by atoms with E-state index in [2.05, 4.69) is 9.97 Å². The molecule has 0 aliphatic carbocycles. The van der Waals surface area contributed by atoms with E-state index in [1.54, 1.807) is 6.08 Å². The first-order chi connectivity index (χ1) is 13.9. The van der Waals surface area contributed by atoms with Crippen molar-refractivity contribution >= 4 is 27.8 Å². The largest absolute Gasteiger partial charge is 0.393 e. The molecule has 0 aliphatic heterocycles. The topological polar surface area (TPSA) is 100 Å². The van der Waals surface area contributed by atoms with Crippen LogP contribution < -0.4 is 4.31 Å². The quantitative estimate of drug-likeness (QED) is 0.640. The second kappa shape index (κ2) is 9.44. The van der Waals surface area contributed by atoms with Gasteiger partial charge in [0.15, 0.2) is 5.78 Å². The lowest BCUT2D eigenvalue weighted by molar-refractivity contribution is -0.116. The first kappa shape index (κ1) is 23.6. The molecule has 0 unspecified atom stereocenters. The zero-order chi connectivity index (χ0) is 22.6. The van der Waals surface area contributed by atoms with Gasteiger partial charge in [-0.15, -0.1) is 0 Å². The molecule has 0 fully saturated rings. The Kier molecular flexibility index (Phi) is 7.44. The number of hydrogen-bond acceptors (Lipinski definition) is 6. The molecule has 2 rings (SSSR count). The molecule has 162 valence electrons. The van der Waals surface area contributed by atoms with Gasteiger partial charge in [0.25, 0.3) is 0 Å². The Bertz CT molecular complexity index is 1050. The minimum atomic E-state index is -3.61. The van der Waals surface area contributed by atoms with Crippen molar-refractivity contribution in [1.29, 1.82) is 0 Å². The van der Waals surface area contributed by atoms with E-state index in [0.29, 0.717) is 22.5 Å². The third kappa shape index (κ3) is 5.93. The Morgan fingerprint density at radius 1 is 1.20 bits per heavy atom. The van der Waals surface area contributed by atoms with Crippen molar-refractivity contribution < 1.29 is 22.7 Å². The predicted octanol–water partition coefficient (Wildman–Crippen LogP) is 3.16. The highest BCUT2D eigenvalue weighted by Gasteiger charge is 2.22. The molecule has 30 heavy (non-hydrogen) atoms. The van der Waals surface area contributed by atoms with Crippen molar-refractivity contribution in [1.82, 2.24) is 9.97 Å². The van der Waals surface area contributed by atoms with Gasteiger partial charge in [-0.2, -0.15) is 0 Å². The fraction of sp³-hybridized carbons (Fsp3) is 0.381.